The normalized spacial score (nSPS) is 19.0. The van der Waals surface area contributed by atoms with Gasteiger partial charge in [0.2, 0.25) is 0 Å². The van der Waals surface area contributed by atoms with Crippen LogP contribution in [-0.2, 0) is 4.79 Å². The van der Waals surface area contributed by atoms with E-state index in [9.17, 15) is 9.90 Å². The van der Waals surface area contributed by atoms with E-state index in [2.05, 4.69) is 9.97 Å². The number of anilines is 1. The lowest BCUT2D eigenvalue weighted by molar-refractivity contribution is -0.138. The van der Waals surface area contributed by atoms with Gasteiger partial charge in [0.15, 0.2) is 0 Å². The Labute approximate surface area is 114 Å². The molecule has 1 saturated heterocycles. The van der Waals surface area contributed by atoms with Gasteiger partial charge in [0.25, 0.3) is 0 Å². The van der Waals surface area contributed by atoms with Crippen LogP contribution >= 0.6 is 11.6 Å². The second-order valence-electron chi connectivity index (χ2n) is 4.55. The highest BCUT2D eigenvalue weighted by Gasteiger charge is 2.32. The molecule has 1 fully saturated rings. The van der Waals surface area contributed by atoms with Gasteiger partial charge in [0.05, 0.1) is 5.52 Å². The quantitative estimate of drug-likeness (QED) is 0.913. The molecule has 3 rings (SSSR count). The van der Waals surface area contributed by atoms with Crippen molar-refractivity contribution in [1.82, 2.24) is 9.97 Å². The number of halogens is 1. The molecule has 1 aliphatic rings. The second-order valence-corrected chi connectivity index (χ2v) is 4.98. The Morgan fingerprint density at radius 2 is 2.26 bits per heavy atom. The van der Waals surface area contributed by atoms with Gasteiger partial charge in [-0.05, 0) is 31.0 Å². The zero-order valence-corrected chi connectivity index (χ0v) is 10.8. The Bertz CT molecular complexity index is 647. The molecule has 0 unspecified atom stereocenters. The minimum Gasteiger partial charge on any atom is -0.480 e. The van der Waals surface area contributed by atoms with Gasteiger partial charge in [0.1, 0.15) is 18.2 Å². The molecule has 1 aliphatic heterocycles. The number of carboxylic acids is 1. The molecule has 2 aromatic rings. The molecule has 0 spiro atoms. The van der Waals surface area contributed by atoms with Crippen molar-refractivity contribution < 1.29 is 9.90 Å². The SMILES string of the molecule is O=C(O)[C@@H]1CCCN1c1ncnc2cc(Cl)ccc12. The number of benzene rings is 1. The lowest BCUT2D eigenvalue weighted by atomic mass is 10.2. The summed E-state index contributed by atoms with van der Waals surface area (Å²) in [5.74, 6) is -0.134. The molecule has 1 atom stereocenters. The van der Waals surface area contributed by atoms with Gasteiger partial charge in [-0.25, -0.2) is 14.8 Å². The number of hydrogen-bond donors (Lipinski definition) is 1. The minimum atomic E-state index is -0.807. The van der Waals surface area contributed by atoms with Gasteiger partial charge in [-0.15, -0.1) is 0 Å². The zero-order valence-electron chi connectivity index (χ0n) is 10.1. The molecule has 98 valence electrons. The minimum absolute atomic E-state index is 0.506. The van der Waals surface area contributed by atoms with Crippen LogP contribution in [-0.4, -0.2) is 33.6 Å². The summed E-state index contributed by atoms with van der Waals surface area (Å²) in [5.41, 5.74) is 0.730. The third-order valence-corrected chi connectivity index (χ3v) is 3.62. The van der Waals surface area contributed by atoms with Gasteiger partial charge < -0.3 is 10.0 Å². The van der Waals surface area contributed by atoms with Gasteiger partial charge in [-0.3, -0.25) is 0 Å². The standard InChI is InChI=1S/C13H12ClN3O2/c14-8-3-4-9-10(6-8)15-7-16-12(9)17-5-1-2-11(17)13(18)19/h3-4,6-7,11H,1-2,5H2,(H,18,19)/t11-/m0/s1. The monoisotopic (exact) mass is 277 g/mol. The van der Waals surface area contributed by atoms with Crippen molar-refractivity contribution in [3.63, 3.8) is 0 Å². The molecule has 1 aromatic heterocycles. The number of rotatable bonds is 2. The predicted octanol–water partition coefficient (Wildman–Crippen LogP) is 2.34. The van der Waals surface area contributed by atoms with Crippen molar-refractivity contribution in [1.29, 1.82) is 0 Å². The fourth-order valence-corrected chi connectivity index (χ4v) is 2.69. The Morgan fingerprint density at radius 3 is 3.05 bits per heavy atom. The lowest BCUT2D eigenvalue weighted by Gasteiger charge is -2.23. The van der Waals surface area contributed by atoms with E-state index in [4.69, 9.17) is 11.6 Å². The first kappa shape index (κ1) is 12.2. The van der Waals surface area contributed by atoms with Crippen molar-refractivity contribution >= 4 is 34.3 Å². The van der Waals surface area contributed by atoms with Crippen LogP contribution in [0.1, 0.15) is 12.8 Å². The summed E-state index contributed by atoms with van der Waals surface area (Å²) in [7, 11) is 0. The smallest absolute Gasteiger partial charge is 0.326 e. The number of carbonyl (C=O) groups is 1. The molecular weight excluding hydrogens is 266 g/mol. The lowest BCUT2D eigenvalue weighted by Crippen LogP contribution is -2.36. The van der Waals surface area contributed by atoms with Gasteiger partial charge >= 0.3 is 5.97 Å². The van der Waals surface area contributed by atoms with E-state index in [-0.39, 0.29) is 0 Å². The van der Waals surface area contributed by atoms with Crippen LogP contribution in [0.5, 0.6) is 0 Å². The highest BCUT2D eigenvalue weighted by molar-refractivity contribution is 6.31. The molecule has 19 heavy (non-hydrogen) atoms. The zero-order chi connectivity index (χ0) is 13.4. The number of aliphatic carboxylic acids is 1. The molecule has 1 aromatic carbocycles. The largest absolute Gasteiger partial charge is 0.480 e. The summed E-state index contributed by atoms with van der Waals surface area (Å²) in [6.07, 6.45) is 2.95. The Morgan fingerprint density at radius 1 is 1.42 bits per heavy atom. The number of fused-ring (bicyclic) bond motifs is 1. The summed E-state index contributed by atoms with van der Waals surface area (Å²) in [6.45, 7) is 0.700. The predicted molar refractivity (Wildman–Crippen MR) is 72.6 cm³/mol. The van der Waals surface area contributed by atoms with Gasteiger partial charge in [-0.1, -0.05) is 11.6 Å². The first-order valence-corrected chi connectivity index (χ1v) is 6.44. The number of carboxylic acid groups (broad SMARTS) is 1. The maximum atomic E-state index is 11.3. The van der Waals surface area contributed by atoms with E-state index in [0.717, 1.165) is 17.3 Å². The molecule has 0 amide bonds. The van der Waals surface area contributed by atoms with E-state index in [1.54, 1.807) is 12.1 Å². The average molecular weight is 278 g/mol. The van der Waals surface area contributed by atoms with Crippen molar-refractivity contribution in [3.8, 4) is 0 Å². The van der Waals surface area contributed by atoms with Crippen LogP contribution in [0.4, 0.5) is 5.82 Å². The fraction of sp³-hybridized carbons (Fsp3) is 0.308. The summed E-state index contributed by atoms with van der Waals surface area (Å²) in [4.78, 5) is 21.5. The Balaban J connectivity index is 2.12. The van der Waals surface area contributed by atoms with Crippen LogP contribution in [0.25, 0.3) is 10.9 Å². The number of nitrogens with zero attached hydrogens (tertiary/aromatic N) is 3. The van der Waals surface area contributed by atoms with E-state index in [1.165, 1.54) is 6.33 Å². The van der Waals surface area contributed by atoms with Crippen molar-refractivity contribution in [2.24, 2.45) is 0 Å². The third kappa shape index (κ3) is 2.10. The van der Waals surface area contributed by atoms with Crippen LogP contribution in [0.15, 0.2) is 24.5 Å². The van der Waals surface area contributed by atoms with Crippen LogP contribution in [0.3, 0.4) is 0 Å². The van der Waals surface area contributed by atoms with Gasteiger partial charge in [-0.2, -0.15) is 0 Å². The van der Waals surface area contributed by atoms with E-state index < -0.39 is 12.0 Å². The molecule has 2 heterocycles. The van der Waals surface area contributed by atoms with E-state index >= 15 is 0 Å². The molecule has 0 saturated carbocycles. The van der Waals surface area contributed by atoms with E-state index in [1.807, 2.05) is 11.0 Å². The highest BCUT2D eigenvalue weighted by Crippen LogP contribution is 2.30. The van der Waals surface area contributed by atoms with E-state index in [0.29, 0.717) is 23.8 Å². The summed E-state index contributed by atoms with van der Waals surface area (Å²) in [6, 6.07) is 4.86. The molecule has 0 bridgehead atoms. The maximum absolute atomic E-state index is 11.3. The topological polar surface area (TPSA) is 66.3 Å². The molecule has 0 aliphatic carbocycles. The molecular formula is C13H12ClN3O2. The summed E-state index contributed by atoms with van der Waals surface area (Å²) >= 11 is 5.94. The molecule has 5 nitrogen and oxygen atoms in total. The average Bonchev–Trinajstić information content (AvgIpc) is 2.86. The molecule has 0 radical (unpaired) electrons. The first-order chi connectivity index (χ1) is 9.16. The second kappa shape index (κ2) is 4.66. The van der Waals surface area contributed by atoms with Crippen LogP contribution < -0.4 is 4.90 Å². The number of aromatic nitrogens is 2. The van der Waals surface area contributed by atoms with Crippen molar-refractivity contribution in [3.05, 3.63) is 29.5 Å². The summed E-state index contributed by atoms with van der Waals surface area (Å²) < 4.78 is 0. The van der Waals surface area contributed by atoms with Crippen LogP contribution in [0, 0.1) is 0 Å². The Hall–Kier alpha value is -1.88. The highest BCUT2D eigenvalue weighted by atomic mass is 35.5. The maximum Gasteiger partial charge on any atom is 0.326 e. The van der Waals surface area contributed by atoms with Crippen molar-refractivity contribution in [2.45, 2.75) is 18.9 Å². The van der Waals surface area contributed by atoms with Crippen molar-refractivity contribution in [2.75, 3.05) is 11.4 Å². The van der Waals surface area contributed by atoms with Gasteiger partial charge in [0, 0.05) is 17.0 Å². The Kier molecular flexibility index (Phi) is 2.98. The third-order valence-electron chi connectivity index (χ3n) is 3.39. The molecule has 6 heteroatoms. The first-order valence-electron chi connectivity index (χ1n) is 6.06. The number of hydrogen-bond acceptors (Lipinski definition) is 4. The summed E-state index contributed by atoms with van der Waals surface area (Å²) in [5, 5.41) is 10.7. The van der Waals surface area contributed by atoms with Crippen LogP contribution in [0.2, 0.25) is 5.02 Å². The molecule has 1 N–H and O–H groups in total. The fourth-order valence-electron chi connectivity index (χ4n) is 2.52.